The highest BCUT2D eigenvalue weighted by atomic mass is 32.1. The van der Waals surface area contributed by atoms with Gasteiger partial charge in [0.1, 0.15) is 0 Å². The van der Waals surface area contributed by atoms with E-state index in [1.165, 1.54) is 36.7 Å². The van der Waals surface area contributed by atoms with Gasteiger partial charge in [-0.3, -0.25) is 4.79 Å². The van der Waals surface area contributed by atoms with Crippen LogP contribution in [0.1, 0.15) is 53.0 Å². The Kier molecular flexibility index (Phi) is 4.94. The average Bonchev–Trinajstić information content (AvgIpc) is 3.16. The van der Waals surface area contributed by atoms with E-state index in [4.69, 9.17) is 0 Å². The lowest BCUT2D eigenvalue weighted by Gasteiger charge is -2.22. The standard InChI is InChI=1S/C16H20N4O3S/c1-11-7-15(20(22)23)18-19(11)9-12-8-14(24-10-12)16(21)17-13-5-3-2-4-6-13/h7-8,10,13H,2-6,9H2,1H3,(H,17,21). The number of hydrogen-bond donors (Lipinski definition) is 1. The Morgan fingerprint density at radius 3 is 2.83 bits per heavy atom. The fourth-order valence-electron chi connectivity index (χ4n) is 3.00. The largest absolute Gasteiger partial charge is 0.390 e. The van der Waals surface area contributed by atoms with Gasteiger partial charge >= 0.3 is 5.82 Å². The molecule has 0 aromatic carbocycles. The number of hydrogen-bond acceptors (Lipinski definition) is 5. The molecule has 0 atom stereocenters. The highest BCUT2D eigenvalue weighted by Crippen LogP contribution is 2.21. The average molecular weight is 348 g/mol. The molecular formula is C16H20N4O3S. The maximum atomic E-state index is 12.3. The van der Waals surface area contributed by atoms with Crippen LogP contribution in [0.2, 0.25) is 0 Å². The van der Waals surface area contributed by atoms with E-state index in [0.717, 1.165) is 24.1 Å². The molecule has 2 aromatic heterocycles. The summed E-state index contributed by atoms with van der Waals surface area (Å²) in [6.45, 7) is 2.20. The van der Waals surface area contributed by atoms with Crippen molar-refractivity contribution in [1.82, 2.24) is 15.1 Å². The van der Waals surface area contributed by atoms with Crippen molar-refractivity contribution in [3.63, 3.8) is 0 Å². The summed E-state index contributed by atoms with van der Waals surface area (Å²) < 4.78 is 1.59. The van der Waals surface area contributed by atoms with E-state index in [9.17, 15) is 14.9 Å². The van der Waals surface area contributed by atoms with Crippen LogP contribution < -0.4 is 5.32 Å². The van der Waals surface area contributed by atoms with Crippen LogP contribution in [0.4, 0.5) is 5.82 Å². The molecule has 1 aliphatic rings. The van der Waals surface area contributed by atoms with Gasteiger partial charge in [-0.15, -0.1) is 11.3 Å². The van der Waals surface area contributed by atoms with E-state index in [1.807, 2.05) is 11.4 Å². The molecule has 2 heterocycles. The first-order valence-corrected chi connectivity index (χ1v) is 8.98. The van der Waals surface area contributed by atoms with Gasteiger partial charge in [0.25, 0.3) is 5.91 Å². The third-order valence-electron chi connectivity index (χ3n) is 4.31. The van der Waals surface area contributed by atoms with Crippen LogP contribution in [0.25, 0.3) is 0 Å². The third kappa shape index (κ3) is 3.81. The molecule has 0 unspecified atom stereocenters. The molecule has 3 rings (SSSR count). The van der Waals surface area contributed by atoms with Crippen molar-refractivity contribution < 1.29 is 9.72 Å². The van der Waals surface area contributed by atoms with Crippen molar-refractivity contribution >= 4 is 23.1 Å². The number of aryl methyl sites for hydroxylation is 1. The Labute approximate surface area is 143 Å². The third-order valence-corrected chi connectivity index (χ3v) is 5.28. The summed E-state index contributed by atoms with van der Waals surface area (Å²) in [7, 11) is 0. The molecule has 1 amide bonds. The zero-order valence-corrected chi connectivity index (χ0v) is 14.3. The second kappa shape index (κ2) is 7.12. The van der Waals surface area contributed by atoms with E-state index in [2.05, 4.69) is 10.4 Å². The molecule has 1 saturated carbocycles. The Bertz CT molecular complexity index is 746. The van der Waals surface area contributed by atoms with Gasteiger partial charge in [-0.2, -0.15) is 4.68 Å². The Morgan fingerprint density at radius 2 is 2.17 bits per heavy atom. The molecule has 1 N–H and O–H groups in total. The van der Waals surface area contributed by atoms with Crippen molar-refractivity contribution in [3.05, 3.63) is 43.8 Å². The summed E-state index contributed by atoms with van der Waals surface area (Å²) >= 11 is 1.40. The summed E-state index contributed by atoms with van der Waals surface area (Å²) in [6, 6.07) is 3.58. The maximum absolute atomic E-state index is 12.3. The lowest BCUT2D eigenvalue weighted by atomic mass is 9.95. The van der Waals surface area contributed by atoms with Gasteiger partial charge in [0.05, 0.1) is 28.3 Å². The minimum atomic E-state index is -0.500. The molecular weight excluding hydrogens is 328 g/mol. The molecule has 0 bridgehead atoms. The minimum Gasteiger partial charge on any atom is -0.358 e. The highest BCUT2D eigenvalue weighted by Gasteiger charge is 2.19. The van der Waals surface area contributed by atoms with Crippen molar-refractivity contribution in [2.75, 3.05) is 0 Å². The minimum absolute atomic E-state index is 0.0266. The zero-order valence-electron chi connectivity index (χ0n) is 13.5. The number of thiophene rings is 1. The van der Waals surface area contributed by atoms with Crippen molar-refractivity contribution in [1.29, 1.82) is 0 Å². The Hall–Kier alpha value is -2.22. The van der Waals surface area contributed by atoms with Crippen LogP contribution in [0.3, 0.4) is 0 Å². The molecule has 2 aromatic rings. The summed E-state index contributed by atoms with van der Waals surface area (Å²) in [5.41, 5.74) is 1.65. The quantitative estimate of drug-likeness (QED) is 0.663. The second-order valence-corrected chi connectivity index (χ2v) is 7.10. The number of amides is 1. The topological polar surface area (TPSA) is 90.1 Å². The fraction of sp³-hybridized carbons (Fsp3) is 0.500. The van der Waals surface area contributed by atoms with E-state index in [0.29, 0.717) is 11.4 Å². The molecule has 0 spiro atoms. The second-order valence-electron chi connectivity index (χ2n) is 6.19. The Balaban J connectivity index is 1.64. The molecule has 0 saturated heterocycles. The van der Waals surface area contributed by atoms with Gasteiger partial charge < -0.3 is 15.4 Å². The van der Waals surface area contributed by atoms with E-state index >= 15 is 0 Å². The molecule has 0 aliphatic heterocycles. The van der Waals surface area contributed by atoms with Crippen LogP contribution in [0.5, 0.6) is 0 Å². The molecule has 1 aliphatic carbocycles. The van der Waals surface area contributed by atoms with Gasteiger partial charge in [0.2, 0.25) is 0 Å². The summed E-state index contributed by atoms with van der Waals surface area (Å²) in [5, 5.41) is 19.8. The molecule has 7 nitrogen and oxygen atoms in total. The maximum Gasteiger partial charge on any atom is 0.390 e. The zero-order chi connectivity index (χ0) is 17.1. The number of carbonyl (C=O) groups excluding carboxylic acids is 1. The number of carbonyl (C=O) groups is 1. The van der Waals surface area contributed by atoms with Crippen molar-refractivity contribution in [2.24, 2.45) is 0 Å². The summed E-state index contributed by atoms with van der Waals surface area (Å²) in [4.78, 5) is 23.3. The van der Waals surface area contributed by atoms with Crippen LogP contribution in [-0.4, -0.2) is 26.7 Å². The normalized spacial score (nSPS) is 15.4. The molecule has 0 radical (unpaired) electrons. The van der Waals surface area contributed by atoms with Crippen molar-refractivity contribution in [2.45, 2.75) is 51.6 Å². The lowest BCUT2D eigenvalue weighted by molar-refractivity contribution is -0.389. The van der Waals surface area contributed by atoms with Gasteiger partial charge in [0.15, 0.2) is 0 Å². The lowest BCUT2D eigenvalue weighted by Crippen LogP contribution is -2.35. The van der Waals surface area contributed by atoms with Gasteiger partial charge in [-0.1, -0.05) is 19.3 Å². The van der Waals surface area contributed by atoms with Gasteiger partial charge in [-0.25, -0.2) is 0 Å². The summed E-state index contributed by atoms with van der Waals surface area (Å²) in [6.07, 6.45) is 5.72. The summed E-state index contributed by atoms with van der Waals surface area (Å²) in [5.74, 6) is -0.181. The van der Waals surface area contributed by atoms with Crippen LogP contribution >= 0.6 is 11.3 Å². The molecule has 24 heavy (non-hydrogen) atoms. The van der Waals surface area contributed by atoms with Crippen LogP contribution in [-0.2, 0) is 6.54 Å². The first-order valence-electron chi connectivity index (χ1n) is 8.10. The molecule has 128 valence electrons. The predicted molar refractivity (Wildman–Crippen MR) is 91.4 cm³/mol. The van der Waals surface area contributed by atoms with E-state index in [1.54, 1.807) is 11.6 Å². The number of nitro groups is 1. The Morgan fingerprint density at radius 1 is 1.42 bits per heavy atom. The first-order chi connectivity index (χ1) is 11.5. The molecule has 1 fully saturated rings. The number of nitrogens with one attached hydrogen (secondary N) is 1. The van der Waals surface area contributed by atoms with Crippen LogP contribution in [0, 0.1) is 17.0 Å². The number of nitrogens with zero attached hydrogens (tertiary/aromatic N) is 3. The van der Waals surface area contributed by atoms with Gasteiger partial charge in [0, 0.05) is 6.04 Å². The smallest absolute Gasteiger partial charge is 0.358 e. The van der Waals surface area contributed by atoms with Crippen LogP contribution in [0.15, 0.2) is 17.5 Å². The first kappa shape index (κ1) is 16.6. The monoisotopic (exact) mass is 348 g/mol. The molecule has 8 heteroatoms. The SMILES string of the molecule is Cc1cc([N+](=O)[O-])nn1Cc1csc(C(=O)NC2CCCCC2)c1. The van der Waals surface area contributed by atoms with E-state index < -0.39 is 4.92 Å². The number of aromatic nitrogens is 2. The highest BCUT2D eigenvalue weighted by molar-refractivity contribution is 7.12. The van der Waals surface area contributed by atoms with E-state index in [-0.39, 0.29) is 17.8 Å². The predicted octanol–water partition coefficient (Wildman–Crippen LogP) is 3.27. The number of rotatable bonds is 5. The fourth-order valence-corrected chi connectivity index (χ4v) is 3.80. The van der Waals surface area contributed by atoms with Crippen molar-refractivity contribution in [3.8, 4) is 0 Å². The van der Waals surface area contributed by atoms with Gasteiger partial charge in [-0.05, 0) is 41.7 Å².